The number of rotatable bonds is 4. The topological polar surface area (TPSA) is 57.6 Å². The lowest BCUT2D eigenvalue weighted by atomic mass is 9.89. The number of hydrogen-bond acceptors (Lipinski definition) is 3. The SMILES string of the molecule is O=C(O)[C@@H]1CN(C(=O)Cc2ccc(Cl)s2)C[C@H]1c1ccc(Cl)cc1. The number of thiophene rings is 1. The van der Waals surface area contributed by atoms with Crippen LogP contribution < -0.4 is 0 Å². The number of carboxylic acid groups (broad SMARTS) is 1. The largest absolute Gasteiger partial charge is 0.481 e. The molecule has 1 fully saturated rings. The van der Waals surface area contributed by atoms with Gasteiger partial charge in [0.15, 0.2) is 0 Å². The van der Waals surface area contributed by atoms with Crippen LogP contribution in [0.25, 0.3) is 0 Å². The second kappa shape index (κ2) is 7.13. The summed E-state index contributed by atoms with van der Waals surface area (Å²) in [5, 5.41) is 10.1. The lowest BCUT2D eigenvalue weighted by Gasteiger charge is -2.16. The molecule has 2 aromatic rings. The fraction of sp³-hybridized carbons (Fsp3) is 0.294. The van der Waals surface area contributed by atoms with Crippen molar-refractivity contribution in [1.29, 1.82) is 0 Å². The van der Waals surface area contributed by atoms with Gasteiger partial charge in [-0.25, -0.2) is 0 Å². The zero-order valence-electron chi connectivity index (χ0n) is 12.6. The van der Waals surface area contributed by atoms with Gasteiger partial charge in [-0.1, -0.05) is 35.3 Å². The highest BCUT2D eigenvalue weighted by atomic mass is 35.5. The number of carboxylic acids is 1. The third-order valence-electron chi connectivity index (χ3n) is 4.24. The Hall–Kier alpha value is -1.56. The summed E-state index contributed by atoms with van der Waals surface area (Å²) in [6.45, 7) is 0.622. The highest BCUT2D eigenvalue weighted by Gasteiger charge is 2.40. The normalized spacial score (nSPS) is 20.3. The first kappa shape index (κ1) is 17.3. The van der Waals surface area contributed by atoms with E-state index < -0.39 is 11.9 Å². The van der Waals surface area contributed by atoms with E-state index in [1.54, 1.807) is 23.1 Å². The molecule has 126 valence electrons. The van der Waals surface area contributed by atoms with Crippen molar-refractivity contribution in [1.82, 2.24) is 4.90 Å². The van der Waals surface area contributed by atoms with Gasteiger partial charge in [-0.2, -0.15) is 0 Å². The number of amides is 1. The fourth-order valence-electron chi connectivity index (χ4n) is 3.01. The Bertz CT molecular complexity index is 759. The van der Waals surface area contributed by atoms with Crippen LogP contribution >= 0.6 is 34.5 Å². The number of hydrogen-bond donors (Lipinski definition) is 1. The van der Waals surface area contributed by atoms with E-state index in [4.69, 9.17) is 23.2 Å². The average molecular weight is 384 g/mol. The first-order valence-electron chi connectivity index (χ1n) is 7.44. The Morgan fingerprint density at radius 2 is 1.83 bits per heavy atom. The van der Waals surface area contributed by atoms with Crippen molar-refractivity contribution < 1.29 is 14.7 Å². The van der Waals surface area contributed by atoms with Crippen LogP contribution in [0.1, 0.15) is 16.4 Å². The lowest BCUT2D eigenvalue weighted by molar-refractivity contribution is -0.141. The minimum atomic E-state index is -0.885. The maximum Gasteiger partial charge on any atom is 0.308 e. The van der Waals surface area contributed by atoms with Crippen LogP contribution in [0.4, 0.5) is 0 Å². The summed E-state index contributed by atoms with van der Waals surface area (Å²) < 4.78 is 0.640. The van der Waals surface area contributed by atoms with E-state index in [-0.39, 0.29) is 24.8 Å². The predicted molar refractivity (Wildman–Crippen MR) is 94.9 cm³/mol. The molecule has 0 aliphatic carbocycles. The maximum atomic E-state index is 12.5. The number of halogens is 2. The van der Waals surface area contributed by atoms with E-state index in [0.29, 0.717) is 15.9 Å². The van der Waals surface area contributed by atoms with Crippen molar-refractivity contribution in [2.45, 2.75) is 12.3 Å². The van der Waals surface area contributed by atoms with Crippen molar-refractivity contribution in [3.63, 3.8) is 0 Å². The van der Waals surface area contributed by atoms with E-state index in [2.05, 4.69) is 0 Å². The summed E-state index contributed by atoms with van der Waals surface area (Å²) >= 11 is 13.2. The molecule has 1 aromatic heterocycles. The molecule has 0 bridgehead atoms. The van der Waals surface area contributed by atoms with Gasteiger partial charge in [-0.3, -0.25) is 9.59 Å². The lowest BCUT2D eigenvalue weighted by Crippen LogP contribution is -2.31. The minimum Gasteiger partial charge on any atom is -0.481 e. The monoisotopic (exact) mass is 383 g/mol. The third-order valence-corrected chi connectivity index (χ3v) is 5.73. The summed E-state index contributed by atoms with van der Waals surface area (Å²) in [5.41, 5.74) is 0.890. The Morgan fingerprint density at radius 3 is 2.42 bits per heavy atom. The molecule has 1 N–H and O–H groups in total. The van der Waals surface area contributed by atoms with Crippen molar-refractivity contribution in [3.8, 4) is 0 Å². The maximum absolute atomic E-state index is 12.5. The molecular formula is C17H15Cl2NO3S. The van der Waals surface area contributed by atoms with E-state index in [0.717, 1.165) is 10.4 Å². The molecule has 1 saturated heterocycles. The second-order valence-corrected chi connectivity index (χ2v) is 8.02. The highest BCUT2D eigenvalue weighted by Crippen LogP contribution is 2.34. The van der Waals surface area contributed by atoms with Gasteiger partial charge in [-0.15, -0.1) is 11.3 Å². The molecule has 2 heterocycles. The highest BCUT2D eigenvalue weighted by molar-refractivity contribution is 7.16. The Balaban J connectivity index is 1.75. The molecular weight excluding hydrogens is 369 g/mol. The smallest absolute Gasteiger partial charge is 0.308 e. The number of likely N-dealkylation sites (tertiary alicyclic amines) is 1. The average Bonchev–Trinajstić information content (AvgIpc) is 3.15. The van der Waals surface area contributed by atoms with Crippen LogP contribution in [0.15, 0.2) is 36.4 Å². The van der Waals surface area contributed by atoms with Gasteiger partial charge in [-0.05, 0) is 29.8 Å². The van der Waals surface area contributed by atoms with Gasteiger partial charge in [0.2, 0.25) is 5.91 Å². The van der Waals surface area contributed by atoms with Crippen LogP contribution in [-0.4, -0.2) is 35.0 Å². The molecule has 0 unspecified atom stereocenters. The molecule has 1 aliphatic heterocycles. The first-order chi connectivity index (χ1) is 11.4. The number of nitrogens with zero attached hydrogens (tertiary/aromatic N) is 1. The Labute approximate surface area is 153 Å². The number of carbonyl (C=O) groups is 2. The van der Waals surface area contributed by atoms with Gasteiger partial charge in [0.25, 0.3) is 0 Å². The quantitative estimate of drug-likeness (QED) is 0.869. The number of carbonyl (C=O) groups excluding carboxylic acids is 1. The first-order valence-corrected chi connectivity index (χ1v) is 9.01. The minimum absolute atomic E-state index is 0.0729. The van der Waals surface area contributed by atoms with Crippen LogP contribution in [0, 0.1) is 5.92 Å². The second-order valence-electron chi connectivity index (χ2n) is 5.78. The number of aliphatic carboxylic acids is 1. The zero-order valence-corrected chi connectivity index (χ0v) is 14.9. The van der Waals surface area contributed by atoms with Gasteiger partial charge < -0.3 is 10.0 Å². The van der Waals surface area contributed by atoms with Crippen molar-refractivity contribution in [3.05, 3.63) is 56.2 Å². The molecule has 7 heteroatoms. The van der Waals surface area contributed by atoms with Crippen LogP contribution in [0.2, 0.25) is 9.36 Å². The third kappa shape index (κ3) is 3.74. The van der Waals surface area contributed by atoms with Crippen LogP contribution in [0.3, 0.4) is 0 Å². The summed E-state index contributed by atoms with van der Waals surface area (Å²) in [4.78, 5) is 26.6. The molecule has 2 atom stereocenters. The predicted octanol–water partition coefficient (Wildman–Crippen LogP) is 3.92. The molecule has 0 radical (unpaired) electrons. The Morgan fingerprint density at radius 1 is 1.12 bits per heavy atom. The summed E-state index contributed by atoms with van der Waals surface area (Å²) in [7, 11) is 0. The molecule has 0 spiro atoms. The van der Waals surface area contributed by atoms with Crippen molar-refractivity contribution in [2.75, 3.05) is 13.1 Å². The molecule has 3 rings (SSSR count). The van der Waals surface area contributed by atoms with E-state index in [1.165, 1.54) is 11.3 Å². The van der Waals surface area contributed by atoms with Gasteiger partial charge in [0.05, 0.1) is 16.7 Å². The van der Waals surface area contributed by atoms with Gasteiger partial charge in [0, 0.05) is 28.9 Å². The fourth-order valence-corrected chi connectivity index (χ4v) is 4.22. The molecule has 1 aromatic carbocycles. The van der Waals surface area contributed by atoms with E-state index in [1.807, 2.05) is 18.2 Å². The van der Waals surface area contributed by atoms with E-state index >= 15 is 0 Å². The van der Waals surface area contributed by atoms with Gasteiger partial charge in [0.1, 0.15) is 0 Å². The zero-order chi connectivity index (χ0) is 17.3. The standard InChI is InChI=1S/C17H15Cl2NO3S/c18-11-3-1-10(2-4-11)13-8-20(9-14(13)17(22)23)16(21)7-12-5-6-15(19)24-12/h1-6,13-14H,7-9H2,(H,22,23)/t13-,14+/m0/s1. The van der Waals surface area contributed by atoms with Crippen molar-refractivity contribution in [2.24, 2.45) is 5.92 Å². The molecule has 1 aliphatic rings. The number of benzene rings is 1. The van der Waals surface area contributed by atoms with Crippen LogP contribution in [-0.2, 0) is 16.0 Å². The molecule has 24 heavy (non-hydrogen) atoms. The van der Waals surface area contributed by atoms with Gasteiger partial charge >= 0.3 is 5.97 Å². The Kier molecular flexibility index (Phi) is 5.13. The van der Waals surface area contributed by atoms with Crippen molar-refractivity contribution >= 4 is 46.4 Å². The van der Waals surface area contributed by atoms with Crippen LogP contribution in [0.5, 0.6) is 0 Å². The summed E-state index contributed by atoms with van der Waals surface area (Å²) in [6, 6.07) is 10.7. The summed E-state index contributed by atoms with van der Waals surface area (Å²) in [6.07, 6.45) is 0.247. The molecule has 0 saturated carbocycles. The summed E-state index contributed by atoms with van der Waals surface area (Å²) in [5.74, 6) is -1.79. The molecule has 1 amide bonds. The van der Waals surface area contributed by atoms with E-state index in [9.17, 15) is 14.7 Å². The molecule has 4 nitrogen and oxygen atoms in total.